The van der Waals surface area contributed by atoms with Gasteiger partial charge in [-0.2, -0.15) is 0 Å². The molecule has 0 radical (unpaired) electrons. The number of allylic oxidation sites excluding steroid dienone is 1. The van der Waals surface area contributed by atoms with Crippen LogP contribution in [0, 0.1) is 6.92 Å². The Kier molecular flexibility index (Phi) is 2.76. The summed E-state index contributed by atoms with van der Waals surface area (Å²) in [6.07, 6.45) is 4.03. The molecule has 2 heterocycles. The number of hydrogen-bond donors (Lipinski definition) is 1. The van der Waals surface area contributed by atoms with Gasteiger partial charge in [0.05, 0.1) is 12.3 Å². The van der Waals surface area contributed by atoms with Crippen LogP contribution in [0.25, 0.3) is 0 Å². The van der Waals surface area contributed by atoms with Crippen LogP contribution in [0.4, 0.5) is 5.69 Å². The Morgan fingerprint density at radius 3 is 2.93 bits per heavy atom. The molecule has 0 aliphatic carbocycles. The lowest BCUT2D eigenvalue weighted by Crippen LogP contribution is -2.10. The van der Waals surface area contributed by atoms with E-state index >= 15 is 0 Å². The van der Waals surface area contributed by atoms with Crippen LogP contribution in [0.1, 0.15) is 18.6 Å². The number of hydrogen-bond acceptors (Lipinski definition) is 4. The molecular formula is C11H13NO3. The fraction of sp³-hybridized carbons (Fsp3) is 0.364. The van der Waals surface area contributed by atoms with Crippen molar-refractivity contribution in [2.24, 2.45) is 0 Å². The standard InChI is InChI=1S/C11H13NO3/c1-8-6-9(7-11(13)15-8)12-10-4-2-3-5-14-10/h4,6-7,12H,2-3,5H2,1H3. The molecule has 0 fully saturated rings. The number of aryl methyl sites for hydroxylation is 1. The van der Waals surface area contributed by atoms with Gasteiger partial charge in [-0.15, -0.1) is 0 Å². The predicted octanol–water partition coefficient (Wildman–Crippen LogP) is 2.01. The highest BCUT2D eigenvalue weighted by molar-refractivity contribution is 5.46. The Hall–Kier alpha value is -1.71. The zero-order valence-corrected chi connectivity index (χ0v) is 8.58. The highest BCUT2D eigenvalue weighted by Crippen LogP contribution is 2.14. The van der Waals surface area contributed by atoms with E-state index in [2.05, 4.69) is 5.32 Å². The molecule has 2 rings (SSSR count). The van der Waals surface area contributed by atoms with E-state index in [0.717, 1.165) is 19.4 Å². The molecule has 1 aromatic rings. The largest absolute Gasteiger partial charge is 0.479 e. The number of ether oxygens (including phenoxy) is 1. The smallest absolute Gasteiger partial charge is 0.337 e. The van der Waals surface area contributed by atoms with E-state index < -0.39 is 0 Å². The van der Waals surface area contributed by atoms with Crippen LogP contribution in [0.15, 0.2) is 33.3 Å². The summed E-state index contributed by atoms with van der Waals surface area (Å²) in [5.74, 6) is 1.30. The third-order valence-electron chi connectivity index (χ3n) is 2.10. The fourth-order valence-electron chi connectivity index (χ4n) is 1.46. The zero-order chi connectivity index (χ0) is 10.7. The average Bonchev–Trinajstić information content (AvgIpc) is 2.17. The van der Waals surface area contributed by atoms with Crippen molar-refractivity contribution < 1.29 is 9.15 Å². The Morgan fingerprint density at radius 1 is 1.40 bits per heavy atom. The quantitative estimate of drug-likeness (QED) is 0.806. The van der Waals surface area contributed by atoms with Gasteiger partial charge < -0.3 is 14.5 Å². The van der Waals surface area contributed by atoms with Crippen molar-refractivity contribution in [2.75, 3.05) is 11.9 Å². The van der Waals surface area contributed by atoms with Crippen LogP contribution in [0.2, 0.25) is 0 Å². The monoisotopic (exact) mass is 207 g/mol. The van der Waals surface area contributed by atoms with Gasteiger partial charge in [0.25, 0.3) is 0 Å². The summed E-state index contributed by atoms with van der Waals surface area (Å²) in [6.45, 7) is 2.46. The van der Waals surface area contributed by atoms with Crippen molar-refractivity contribution in [2.45, 2.75) is 19.8 Å². The van der Waals surface area contributed by atoms with Gasteiger partial charge in [-0.1, -0.05) is 0 Å². The van der Waals surface area contributed by atoms with E-state index in [-0.39, 0.29) is 5.63 Å². The fourth-order valence-corrected chi connectivity index (χ4v) is 1.46. The molecule has 0 spiro atoms. The summed E-state index contributed by atoms with van der Waals surface area (Å²) in [7, 11) is 0. The van der Waals surface area contributed by atoms with Crippen LogP contribution < -0.4 is 10.9 Å². The van der Waals surface area contributed by atoms with Crippen LogP contribution in [-0.4, -0.2) is 6.61 Å². The van der Waals surface area contributed by atoms with E-state index in [1.807, 2.05) is 6.08 Å². The Labute approximate surface area is 87.6 Å². The van der Waals surface area contributed by atoms with Gasteiger partial charge in [0.15, 0.2) is 5.88 Å². The molecule has 0 amide bonds. The lowest BCUT2D eigenvalue weighted by molar-refractivity contribution is 0.199. The highest BCUT2D eigenvalue weighted by atomic mass is 16.5. The lowest BCUT2D eigenvalue weighted by Gasteiger charge is -2.16. The average molecular weight is 207 g/mol. The minimum Gasteiger partial charge on any atom is -0.479 e. The Bertz CT molecular complexity index is 434. The van der Waals surface area contributed by atoms with Crippen molar-refractivity contribution in [3.63, 3.8) is 0 Å². The summed E-state index contributed by atoms with van der Waals surface area (Å²) < 4.78 is 10.2. The summed E-state index contributed by atoms with van der Waals surface area (Å²) >= 11 is 0. The van der Waals surface area contributed by atoms with Crippen LogP contribution in [-0.2, 0) is 4.74 Å². The SMILES string of the molecule is Cc1cc(NC2=CCCCO2)cc(=O)o1. The molecule has 15 heavy (non-hydrogen) atoms. The molecule has 0 unspecified atom stereocenters. The summed E-state index contributed by atoms with van der Waals surface area (Å²) in [5.41, 5.74) is 0.353. The van der Waals surface area contributed by atoms with Crippen molar-refractivity contribution >= 4 is 5.69 Å². The molecule has 0 atom stereocenters. The van der Waals surface area contributed by atoms with Crippen LogP contribution >= 0.6 is 0 Å². The minimum absolute atomic E-state index is 0.353. The van der Waals surface area contributed by atoms with Gasteiger partial charge in [-0.25, -0.2) is 4.79 Å². The summed E-state index contributed by atoms with van der Waals surface area (Å²) in [5, 5.41) is 3.04. The first-order valence-corrected chi connectivity index (χ1v) is 4.96. The van der Waals surface area contributed by atoms with E-state index in [9.17, 15) is 4.79 Å². The number of rotatable bonds is 2. The third kappa shape index (κ3) is 2.62. The van der Waals surface area contributed by atoms with Crippen molar-refractivity contribution in [1.82, 2.24) is 0 Å². The first-order valence-electron chi connectivity index (χ1n) is 4.96. The van der Waals surface area contributed by atoms with Gasteiger partial charge in [0.1, 0.15) is 5.76 Å². The summed E-state index contributed by atoms with van der Waals surface area (Å²) in [6, 6.07) is 3.17. The van der Waals surface area contributed by atoms with Crippen molar-refractivity contribution in [1.29, 1.82) is 0 Å². The Balaban J connectivity index is 2.16. The maximum absolute atomic E-state index is 11.1. The molecule has 0 saturated carbocycles. The Morgan fingerprint density at radius 2 is 2.27 bits per heavy atom. The maximum atomic E-state index is 11.1. The first-order chi connectivity index (χ1) is 7.24. The van der Waals surface area contributed by atoms with Crippen LogP contribution in [0.3, 0.4) is 0 Å². The molecule has 80 valence electrons. The van der Waals surface area contributed by atoms with Gasteiger partial charge in [0.2, 0.25) is 0 Å². The topological polar surface area (TPSA) is 51.5 Å². The maximum Gasteiger partial charge on any atom is 0.337 e. The van der Waals surface area contributed by atoms with Gasteiger partial charge in [-0.05, 0) is 25.8 Å². The summed E-state index contributed by atoms with van der Waals surface area (Å²) in [4.78, 5) is 11.1. The highest BCUT2D eigenvalue weighted by Gasteiger charge is 2.05. The second-order valence-electron chi connectivity index (χ2n) is 3.46. The first kappa shape index (κ1) is 9.83. The minimum atomic E-state index is -0.353. The molecule has 4 heteroatoms. The molecule has 1 aliphatic rings. The van der Waals surface area contributed by atoms with Gasteiger partial charge >= 0.3 is 5.63 Å². The van der Waals surface area contributed by atoms with E-state index in [1.54, 1.807) is 13.0 Å². The molecule has 0 bridgehead atoms. The predicted molar refractivity (Wildman–Crippen MR) is 56.6 cm³/mol. The molecule has 1 N–H and O–H groups in total. The normalized spacial score (nSPS) is 15.4. The van der Waals surface area contributed by atoms with E-state index in [4.69, 9.17) is 9.15 Å². The molecule has 0 aromatic carbocycles. The number of nitrogens with one attached hydrogen (secondary N) is 1. The molecule has 1 aromatic heterocycles. The van der Waals surface area contributed by atoms with E-state index in [0.29, 0.717) is 17.3 Å². The zero-order valence-electron chi connectivity index (χ0n) is 8.58. The number of anilines is 1. The van der Waals surface area contributed by atoms with Crippen molar-refractivity contribution in [3.8, 4) is 0 Å². The van der Waals surface area contributed by atoms with E-state index in [1.165, 1.54) is 6.07 Å². The molecule has 0 saturated heterocycles. The second kappa shape index (κ2) is 4.21. The molecular weight excluding hydrogens is 194 g/mol. The molecule has 1 aliphatic heterocycles. The van der Waals surface area contributed by atoms with Gasteiger partial charge in [-0.3, -0.25) is 0 Å². The third-order valence-corrected chi connectivity index (χ3v) is 2.10. The lowest BCUT2D eigenvalue weighted by atomic mass is 10.3. The van der Waals surface area contributed by atoms with Crippen molar-refractivity contribution in [3.05, 3.63) is 40.3 Å². The van der Waals surface area contributed by atoms with Crippen LogP contribution in [0.5, 0.6) is 0 Å². The second-order valence-corrected chi connectivity index (χ2v) is 3.46. The van der Waals surface area contributed by atoms with Gasteiger partial charge in [0, 0.05) is 12.1 Å². The molecule has 4 nitrogen and oxygen atoms in total.